The van der Waals surface area contributed by atoms with Gasteiger partial charge in [-0.05, 0) is 108 Å². The summed E-state index contributed by atoms with van der Waals surface area (Å²) < 4.78 is 74.2. The zero-order valence-corrected chi connectivity index (χ0v) is 30.4. The van der Waals surface area contributed by atoms with Crippen molar-refractivity contribution in [2.24, 2.45) is 0 Å². The molecule has 12 heteroatoms. The van der Waals surface area contributed by atoms with E-state index >= 15 is 0 Å². The Hall–Kier alpha value is -4.48. The maximum absolute atomic E-state index is 14.4. The molecule has 1 amide bonds. The first kappa shape index (κ1) is 38.7. The molecular weight excluding hydrogens is 734 g/mol. The first-order valence-corrected chi connectivity index (χ1v) is 18.6. The van der Waals surface area contributed by atoms with E-state index in [-0.39, 0.29) is 36.3 Å². The van der Waals surface area contributed by atoms with E-state index in [4.69, 9.17) is 27.8 Å². The molecule has 0 aliphatic rings. The number of carbonyl (C=O) groups is 2. The smallest absolute Gasteiger partial charge is 0.326 e. The van der Waals surface area contributed by atoms with Gasteiger partial charge in [-0.1, -0.05) is 89.9 Å². The van der Waals surface area contributed by atoms with Crippen LogP contribution in [0.15, 0.2) is 103 Å². The number of nitrogens with one attached hydrogen (secondary N) is 1. The quantitative estimate of drug-likeness (QED) is 0.0972. The van der Waals surface area contributed by atoms with Gasteiger partial charge in [0.1, 0.15) is 0 Å². The molecule has 0 aliphatic carbocycles. The third-order valence-corrected chi connectivity index (χ3v) is 10.00. The first-order valence-electron chi connectivity index (χ1n) is 16.2. The Morgan fingerprint density at radius 3 is 1.90 bits per heavy atom. The fourth-order valence-electron chi connectivity index (χ4n) is 6.08. The fraction of sp³-hybridized carbons (Fsp3) is 0.200. The van der Waals surface area contributed by atoms with Crippen LogP contribution in [0.5, 0.6) is 0 Å². The minimum Gasteiger partial charge on any atom is -0.326 e. The molecule has 0 radical (unpaired) electrons. The highest BCUT2D eigenvalue weighted by atomic mass is 35.5. The normalized spacial score (nSPS) is 12.4. The molecule has 0 fully saturated rings. The summed E-state index contributed by atoms with van der Waals surface area (Å²) in [4.78, 5) is 26.6. The average molecular weight is 769 g/mol. The lowest BCUT2D eigenvalue weighted by Gasteiger charge is -2.20. The molecule has 0 aliphatic heterocycles. The molecule has 0 heterocycles. The summed E-state index contributed by atoms with van der Waals surface area (Å²) in [6.07, 6.45) is -4.69. The molecule has 5 rings (SSSR count). The summed E-state index contributed by atoms with van der Waals surface area (Å²) in [6, 6.07) is 27.7. The molecular formula is C40H34Cl2F3NO5S. The van der Waals surface area contributed by atoms with Crippen LogP contribution in [0.1, 0.15) is 56.9 Å². The van der Waals surface area contributed by atoms with Gasteiger partial charge in [0.25, 0.3) is 10.1 Å². The van der Waals surface area contributed by atoms with E-state index in [9.17, 15) is 31.2 Å². The Kier molecular flexibility index (Phi) is 12.0. The zero-order valence-electron chi connectivity index (χ0n) is 28.1. The second-order valence-corrected chi connectivity index (χ2v) is 15.0. The second-order valence-electron chi connectivity index (χ2n) is 12.6. The molecule has 0 bridgehead atoms. The van der Waals surface area contributed by atoms with E-state index in [1.54, 1.807) is 55.5 Å². The number of hydrogen-bond acceptors (Lipinski definition) is 4. The number of aryl methyl sites for hydroxylation is 2. The molecule has 270 valence electrons. The number of rotatable bonds is 12. The molecule has 5 aromatic rings. The number of carbonyl (C=O) groups excluding carboxylic acids is 2. The van der Waals surface area contributed by atoms with Crippen molar-refractivity contribution in [3.05, 3.63) is 147 Å². The summed E-state index contributed by atoms with van der Waals surface area (Å²) in [5.41, 5.74) is 4.36. The van der Waals surface area contributed by atoms with E-state index in [2.05, 4.69) is 5.32 Å². The number of amides is 1. The highest BCUT2D eigenvalue weighted by Crippen LogP contribution is 2.40. The monoisotopic (exact) mass is 767 g/mol. The first-order chi connectivity index (χ1) is 24.5. The summed E-state index contributed by atoms with van der Waals surface area (Å²) >= 11 is 12.2. The third kappa shape index (κ3) is 9.89. The van der Waals surface area contributed by atoms with E-state index in [0.717, 1.165) is 22.8 Å². The van der Waals surface area contributed by atoms with Gasteiger partial charge in [0.05, 0.1) is 17.2 Å². The van der Waals surface area contributed by atoms with Crippen LogP contribution >= 0.6 is 23.2 Å². The minimum atomic E-state index is -4.72. The van der Waals surface area contributed by atoms with Gasteiger partial charge in [-0.3, -0.25) is 14.1 Å². The number of hydrogen-bond donors (Lipinski definition) is 2. The van der Waals surface area contributed by atoms with Crippen molar-refractivity contribution in [2.45, 2.75) is 45.2 Å². The number of ketones is 1. The third-order valence-electron chi connectivity index (χ3n) is 8.72. The Balaban J connectivity index is 1.45. The maximum Gasteiger partial charge on any atom is 0.417 e. The number of benzene rings is 5. The van der Waals surface area contributed by atoms with Gasteiger partial charge in [-0.15, -0.1) is 0 Å². The lowest BCUT2D eigenvalue weighted by molar-refractivity contribution is -0.137. The van der Waals surface area contributed by atoms with Crippen molar-refractivity contribution in [2.75, 3.05) is 11.1 Å². The second kappa shape index (κ2) is 16.0. The maximum atomic E-state index is 14.4. The van der Waals surface area contributed by atoms with Crippen LogP contribution in [-0.2, 0) is 27.5 Å². The van der Waals surface area contributed by atoms with Crippen LogP contribution in [0.4, 0.5) is 18.9 Å². The van der Waals surface area contributed by atoms with Crippen LogP contribution in [-0.4, -0.2) is 30.4 Å². The number of Topliss-reactive ketones (excluding diaryl/α,β-unsaturated/α-hetero) is 1. The molecule has 2 N–H and O–H groups in total. The van der Waals surface area contributed by atoms with Crippen LogP contribution in [0, 0.1) is 13.8 Å². The Morgan fingerprint density at radius 1 is 0.769 bits per heavy atom. The molecule has 0 aromatic heterocycles. The molecule has 52 heavy (non-hydrogen) atoms. The molecule has 0 spiro atoms. The molecule has 6 nitrogen and oxygen atoms in total. The zero-order chi connectivity index (χ0) is 37.8. The lowest BCUT2D eigenvalue weighted by Crippen LogP contribution is -2.23. The number of halogens is 5. The Bertz CT molecular complexity index is 2220. The van der Waals surface area contributed by atoms with Crippen molar-refractivity contribution in [3.63, 3.8) is 0 Å². The van der Waals surface area contributed by atoms with Gasteiger partial charge < -0.3 is 5.32 Å². The van der Waals surface area contributed by atoms with Crippen molar-refractivity contribution >= 4 is 50.7 Å². The van der Waals surface area contributed by atoms with Crippen molar-refractivity contribution < 1.29 is 35.7 Å². The van der Waals surface area contributed by atoms with Crippen molar-refractivity contribution in [3.8, 4) is 22.3 Å². The van der Waals surface area contributed by atoms with Gasteiger partial charge in [0.2, 0.25) is 5.91 Å². The van der Waals surface area contributed by atoms with Crippen LogP contribution in [0.2, 0.25) is 10.0 Å². The Labute approximate surface area is 310 Å². The predicted molar refractivity (Wildman–Crippen MR) is 200 cm³/mol. The van der Waals surface area contributed by atoms with Crippen molar-refractivity contribution in [1.29, 1.82) is 0 Å². The number of anilines is 1. The van der Waals surface area contributed by atoms with Gasteiger partial charge >= 0.3 is 6.18 Å². The van der Waals surface area contributed by atoms with Crippen LogP contribution < -0.4 is 5.32 Å². The fourth-order valence-corrected chi connectivity index (χ4v) is 7.04. The van der Waals surface area contributed by atoms with E-state index < -0.39 is 39.4 Å². The van der Waals surface area contributed by atoms with E-state index in [0.29, 0.717) is 37.9 Å². The van der Waals surface area contributed by atoms with Gasteiger partial charge in [-0.25, -0.2) is 0 Å². The van der Waals surface area contributed by atoms with E-state index in [1.807, 2.05) is 31.2 Å². The van der Waals surface area contributed by atoms with Crippen molar-refractivity contribution in [1.82, 2.24) is 0 Å². The highest BCUT2D eigenvalue weighted by molar-refractivity contribution is 7.85. The summed E-state index contributed by atoms with van der Waals surface area (Å²) in [7, 11) is -4.19. The number of alkyl halides is 3. The largest absolute Gasteiger partial charge is 0.417 e. The summed E-state index contributed by atoms with van der Waals surface area (Å²) in [5, 5.41) is 3.71. The average Bonchev–Trinajstić information content (AvgIpc) is 3.07. The molecule has 1 atom stereocenters. The van der Waals surface area contributed by atoms with Gasteiger partial charge in [-0.2, -0.15) is 21.6 Å². The molecule has 1 unspecified atom stereocenters. The Morgan fingerprint density at radius 2 is 1.35 bits per heavy atom. The van der Waals surface area contributed by atoms with Crippen LogP contribution in [0.25, 0.3) is 22.3 Å². The minimum absolute atomic E-state index is 0.0306. The SMILES string of the molecule is Cc1cc(Cl)ccc1-c1ccc(C(Cc2ccc(C(=O)CCCS(=O)(=O)O)cc2)C(=O)Nc2ccc(-c3ccc(Cl)cc3C)c(C(F)(F)F)c2)cc1. The topological polar surface area (TPSA) is 101 Å². The highest BCUT2D eigenvalue weighted by Gasteiger charge is 2.35. The molecule has 0 saturated heterocycles. The lowest BCUT2D eigenvalue weighted by atomic mass is 9.89. The van der Waals surface area contributed by atoms with Gasteiger partial charge in [0.15, 0.2) is 5.78 Å². The van der Waals surface area contributed by atoms with Crippen LogP contribution in [0.3, 0.4) is 0 Å². The summed E-state index contributed by atoms with van der Waals surface area (Å²) in [5.74, 6) is -2.22. The van der Waals surface area contributed by atoms with Gasteiger partial charge in [0, 0.05) is 27.7 Å². The van der Waals surface area contributed by atoms with E-state index in [1.165, 1.54) is 24.3 Å². The predicted octanol–water partition coefficient (Wildman–Crippen LogP) is 10.8. The summed E-state index contributed by atoms with van der Waals surface area (Å²) in [6.45, 7) is 3.61. The molecule has 0 saturated carbocycles. The molecule has 5 aromatic carbocycles. The standard InChI is InChI=1S/C40H34Cl2F3NO5S/c1-24-20-30(41)13-16-33(24)27-9-11-28(12-10-27)36(22-26-5-7-29(8-6-26)38(47)4-3-19-52(49,50)51)39(48)46-32-15-18-35(37(23-32)40(43,44)45)34-17-14-31(42)21-25(34)2/h5-18,20-21,23,36H,3-4,19,22H2,1-2H3,(H,46,48)(H,49,50,51).